The molecule has 0 spiro atoms. The third-order valence-electron chi connectivity index (χ3n) is 1.74. The predicted octanol–water partition coefficient (Wildman–Crippen LogP) is 2.15. The van der Waals surface area contributed by atoms with Crippen molar-refractivity contribution in [3.05, 3.63) is 27.7 Å². The summed E-state index contributed by atoms with van der Waals surface area (Å²) in [6.45, 7) is 0.139. The molecule has 0 aromatic heterocycles. The van der Waals surface area contributed by atoms with Crippen molar-refractivity contribution in [1.29, 1.82) is 5.26 Å². The fourth-order valence-electron chi connectivity index (χ4n) is 0.989. The average Bonchev–Trinajstić information content (AvgIpc) is 2.28. The van der Waals surface area contributed by atoms with Crippen molar-refractivity contribution in [2.45, 2.75) is 0 Å². The highest BCUT2D eigenvalue weighted by atomic mass is 79.9. The van der Waals surface area contributed by atoms with Crippen molar-refractivity contribution in [1.82, 2.24) is 5.32 Å². The van der Waals surface area contributed by atoms with Gasteiger partial charge in [-0.3, -0.25) is 4.79 Å². The smallest absolute Gasteiger partial charge is 0.240 e. The molecule has 0 aliphatic heterocycles. The fraction of sp³-hybridized carbons (Fsp3) is 0.200. The minimum atomic E-state index is -0.229. The maximum atomic E-state index is 11.2. The van der Waals surface area contributed by atoms with Crippen LogP contribution in [0, 0.1) is 11.3 Å². The third kappa shape index (κ3) is 4.09. The van der Waals surface area contributed by atoms with Crippen molar-refractivity contribution >= 4 is 39.1 Å². The summed E-state index contributed by atoms with van der Waals surface area (Å²) < 4.78 is 0.761. The second-order valence-corrected chi connectivity index (χ2v) is 4.18. The molecule has 0 aliphatic carbocycles. The summed E-state index contributed by atoms with van der Waals surface area (Å²) in [5.74, 6) is -0.229. The van der Waals surface area contributed by atoms with Gasteiger partial charge in [0, 0.05) is 10.2 Å². The normalized spacial score (nSPS) is 9.31. The Hall–Kier alpha value is -1.25. The monoisotopic (exact) mass is 301 g/mol. The average molecular weight is 303 g/mol. The number of halogens is 2. The second kappa shape index (κ2) is 6.36. The highest BCUT2D eigenvalue weighted by Crippen LogP contribution is 2.25. The van der Waals surface area contributed by atoms with E-state index >= 15 is 0 Å². The zero-order valence-corrected chi connectivity index (χ0v) is 10.6. The lowest BCUT2D eigenvalue weighted by Gasteiger charge is -2.06. The van der Waals surface area contributed by atoms with E-state index in [1.165, 1.54) is 0 Å². The van der Waals surface area contributed by atoms with E-state index in [1.807, 2.05) is 6.07 Å². The fourth-order valence-corrected chi connectivity index (χ4v) is 1.49. The molecule has 1 rings (SSSR count). The van der Waals surface area contributed by atoms with Crippen LogP contribution in [-0.4, -0.2) is 19.0 Å². The standard InChI is InChI=1S/C10H9BrClN3O/c11-8-5-7(1-2-9(8)12)15-6-10(16)14-4-3-13/h1-2,5,15H,4,6H2,(H,14,16). The Kier molecular flexibility index (Phi) is 5.09. The quantitative estimate of drug-likeness (QED) is 0.838. The number of carbonyl (C=O) groups is 1. The number of hydrogen-bond donors (Lipinski definition) is 2. The van der Waals surface area contributed by atoms with Crippen LogP contribution in [0.5, 0.6) is 0 Å². The van der Waals surface area contributed by atoms with Crippen LogP contribution in [0.3, 0.4) is 0 Å². The summed E-state index contributed by atoms with van der Waals surface area (Å²) in [5.41, 5.74) is 0.781. The Morgan fingerprint density at radius 3 is 2.94 bits per heavy atom. The van der Waals surface area contributed by atoms with Crippen LogP contribution in [0.4, 0.5) is 5.69 Å². The first kappa shape index (κ1) is 12.8. The zero-order valence-electron chi connectivity index (χ0n) is 8.26. The Morgan fingerprint density at radius 1 is 1.56 bits per heavy atom. The first-order valence-corrected chi connectivity index (χ1v) is 5.63. The molecule has 0 bridgehead atoms. The Labute approximate surface area is 107 Å². The zero-order chi connectivity index (χ0) is 12.0. The molecule has 0 fully saturated rings. The molecule has 0 radical (unpaired) electrons. The molecule has 0 aliphatic rings. The van der Waals surface area contributed by atoms with Gasteiger partial charge in [0.25, 0.3) is 0 Å². The molecule has 1 aromatic carbocycles. The number of nitriles is 1. The molecule has 6 heteroatoms. The van der Waals surface area contributed by atoms with Crippen LogP contribution >= 0.6 is 27.5 Å². The van der Waals surface area contributed by atoms with Crippen LogP contribution in [0.15, 0.2) is 22.7 Å². The molecule has 16 heavy (non-hydrogen) atoms. The van der Waals surface area contributed by atoms with Crippen molar-refractivity contribution < 1.29 is 4.79 Å². The van der Waals surface area contributed by atoms with E-state index in [2.05, 4.69) is 26.6 Å². The van der Waals surface area contributed by atoms with Gasteiger partial charge in [-0.15, -0.1) is 0 Å². The Bertz CT molecular complexity index is 431. The number of anilines is 1. The minimum absolute atomic E-state index is 0.0187. The van der Waals surface area contributed by atoms with Gasteiger partial charge in [0.05, 0.1) is 17.6 Å². The molecule has 1 amide bonds. The van der Waals surface area contributed by atoms with Gasteiger partial charge in [0.1, 0.15) is 6.54 Å². The maximum Gasteiger partial charge on any atom is 0.240 e. The summed E-state index contributed by atoms with van der Waals surface area (Å²) in [7, 11) is 0. The number of carbonyl (C=O) groups excluding carboxylic acids is 1. The molecule has 0 saturated heterocycles. The number of hydrogen-bond acceptors (Lipinski definition) is 3. The number of benzene rings is 1. The summed E-state index contributed by atoms with van der Waals surface area (Å²) in [6.07, 6.45) is 0. The molecular formula is C10H9BrClN3O. The third-order valence-corrected chi connectivity index (χ3v) is 2.95. The van der Waals surface area contributed by atoms with E-state index in [0.717, 1.165) is 10.2 Å². The van der Waals surface area contributed by atoms with E-state index in [1.54, 1.807) is 18.2 Å². The Morgan fingerprint density at radius 2 is 2.31 bits per heavy atom. The van der Waals surface area contributed by atoms with E-state index < -0.39 is 0 Å². The maximum absolute atomic E-state index is 11.2. The minimum Gasteiger partial charge on any atom is -0.376 e. The first-order chi connectivity index (χ1) is 7.63. The number of nitrogens with one attached hydrogen (secondary N) is 2. The first-order valence-electron chi connectivity index (χ1n) is 4.46. The number of amides is 1. The van der Waals surface area contributed by atoms with Crippen molar-refractivity contribution in [2.75, 3.05) is 18.4 Å². The van der Waals surface area contributed by atoms with Gasteiger partial charge < -0.3 is 10.6 Å². The molecule has 4 nitrogen and oxygen atoms in total. The van der Waals surface area contributed by atoms with Gasteiger partial charge in [-0.05, 0) is 34.1 Å². The molecule has 2 N–H and O–H groups in total. The van der Waals surface area contributed by atoms with Crippen molar-refractivity contribution in [3.63, 3.8) is 0 Å². The summed E-state index contributed by atoms with van der Waals surface area (Å²) in [6, 6.07) is 7.10. The lowest BCUT2D eigenvalue weighted by Crippen LogP contribution is -2.29. The molecule has 0 saturated carbocycles. The van der Waals surface area contributed by atoms with Crippen molar-refractivity contribution in [3.8, 4) is 6.07 Å². The van der Waals surface area contributed by atoms with Gasteiger partial charge in [-0.2, -0.15) is 5.26 Å². The van der Waals surface area contributed by atoms with E-state index in [-0.39, 0.29) is 19.0 Å². The van der Waals surface area contributed by atoms with Crippen molar-refractivity contribution in [2.24, 2.45) is 0 Å². The van der Waals surface area contributed by atoms with E-state index in [4.69, 9.17) is 16.9 Å². The van der Waals surface area contributed by atoms with Crippen LogP contribution in [0.1, 0.15) is 0 Å². The SMILES string of the molecule is N#CCNC(=O)CNc1ccc(Cl)c(Br)c1. The molecule has 0 unspecified atom stereocenters. The molecule has 84 valence electrons. The Balaban J connectivity index is 2.46. The topological polar surface area (TPSA) is 64.9 Å². The van der Waals surface area contributed by atoms with Gasteiger partial charge >= 0.3 is 0 Å². The number of rotatable bonds is 4. The summed E-state index contributed by atoms with van der Waals surface area (Å²) in [5, 5.41) is 14.2. The largest absolute Gasteiger partial charge is 0.376 e. The van der Waals surface area contributed by atoms with Gasteiger partial charge in [0.15, 0.2) is 0 Å². The molecule has 1 aromatic rings. The lowest BCUT2D eigenvalue weighted by molar-refractivity contribution is -0.119. The van der Waals surface area contributed by atoms with Crippen LogP contribution < -0.4 is 10.6 Å². The lowest BCUT2D eigenvalue weighted by atomic mass is 10.3. The molecular weight excluding hydrogens is 293 g/mol. The second-order valence-electron chi connectivity index (χ2n) is 2.92. The van der Waals surface area contributed by atoms with Gasteiger partial charge in [-0.25, -0.2) is 0 Å². The van der Waals surface area contributed by atoms with Crippen LogP contribution in [0.2, 0.25) is 5.02 Å². The highest BCUT2D eigenvalue weighted by molar-refractivity contribution is 9.10. The van der Waals surface area contributed by atoms with E-state index in [0.29, 0.717) is 5.02 Å². The summed E-state index contributed by atoms with van der Waals surface area (Å²) >= 11 is 9.10. The summed E-state index contributed by atoms with van der Waals surface area (Å²) in [4.78, 5) is 11.2. The van der Waals surface area contributed by atoms with Crippen LogP contribution in [-0.2, 0) is 4.79 Å². The van der Waals surface area contributed by atoms with E-state index in [9.17, 15) is 4.79 Å². The predicted molar refractivity (Wildman–Crippen MR) is 66.3 cm³/mol. The molecule has 0 atom stereocenters. The molecule has 0 heterocycles. The number of nitrogens with zero attached hydrogens (tertiary/aromatic N) is 1. The van der Waals surface area contributed by atoms with Gasteiger partial charge in [-0.1, -0.05) is 11.6 Å². The van der Waals surface area contributed by atoms with Crippen LogP contribution in [0.25, 0.3) is 0 Å². The highest BCUT2D eigenvalue weighted by Gasteiger charge is 2.01. The van der Waals surface area contributed by atoms with Gasteiger partial charge in [0.2, 0.25) is 5.91 Å².